The lowest BCUT2D eigenvalue weighted by Crippen LogP contribution is -2.26. The van der Waals surface area contributed by atoms with E-state index in [1.807, 2.05) is 30.3 Å². The fourth-order valence-electron chi connectivity index (χ4n) is 2.23. The predicted octanol–water partition coefficient (Wildman–Crippen LogP) is 3.27. The molecule has 1 aromatic heterocycles. The Morgan fingerprint density at radius 3 is 2.67 bits per heavy atom. The highest BCUT2D eigenvalue weighted by molar-refractivity contribution is 5.93. The van der Waals surface area contributed by atoms with Crippen LogP contribution in [0.15, 0.2) is 42.6 Å². The van der Waals surface area contributed by atoms with E-state index in [0.29, 0.717) is 18.3 Å². The van der Waals surface area contributed by atoms with Crippen LogP contribution in [0.25, 0.3) is 0 Å². The molecule has 1 atom stereocenters. The van der Waals surface area contributed by atoms with Crippen LogP contribution in [-0.2, 0) is 6.42 Å². The summed E-state index contributed by atoms with van der Waals surface area (Å²) < 4.78 is 5.13. The van der Waals surface area contributed by atoms with Gasteiger partial charge in [-0.15, -0.1) is 0 Å². The Hall–Kier alpha value is -2.56. The van der Waals surface area contributed by atoms with Crippen molar-refractivity contribution in [1.29, 1.82) is 0 Å². The SMILES string of the molecule is CCC(C)Nc1ccnc(C(=O)NCCc2ccc(OC)cc2)c1. The van der Waals surface area contributed by atoms with Crippen molar-refractivity contribution in [2.45, 2.75) is 32.7 Å². The van der Waals surface area contributed by atoms with Crippen LogP contribution in [0, 0.1) is 0 Å². The molecule has 24 heavy (non-hydrogen) atoms. The number of methoxy groups -OCH3 is 1. The highest BCUT2D eigenvalue weighted by Crippen LogP contribution is 2.12. The molecule has 0 bridgehead atoms. The third-order valence-corrected chi connectivity index (χ3v) is 3.88. The molecule has 0 radical (unpaired) electrons. The Kier molecular flexibility index (Phi) is 6.61. The molecule has 128 valence electrons. The van der Waals surface area contributed by atoms with Crippen LogP contribution in [0.3, 0.4) is 0 Å². The van der Waals surface area contributed by atoms with E-state index in [9.17, 15) is 4.79 Å². The Bertz CT molecular complexity index is 656. The third kappa shape index (κ3) is 5.26. The molecule has 2 aromatic rings. The van der Waals surface area contributed by atoms with Crippen molar-refractivity contribution >= 4 is 11.6 Å². The molecule has 1 amide bonds. The lowest BCUT2D eigenvalue weighted by Gasteiger charge is -2.13. The second-order valence-electron chi connectivity index (χ2n) is 5.74. The summed E-state index contributed by atoms with van der Waals surface area (Å²) in [6, 6.07) is 11.9. The molecule has 2 N–H and O–H groups in total. The zero-order chi connectivity index (χ0) is 17.4. The number of ether oxygens (including phenoxy) is 1. The van der Waals surface area contributed by atoms with E-state index in [4.69, 9.17) is 4.74 Å². The second-order valence-corrected chi connectivity index (χ2v) is 5.74. The average molecular weight is 327 g/mol. The van der Waals surface area contributed by atoms with Gasteiger partial charge >= 0.3 is 0 Å². The van der Waals surface area contributed by atoms with Crippen molar-refractivity contribution in [2.75, 3.05) is 19.0 Å². The summed E-state index contributed by atoms with van der Waals surface area (Å²) in [6.45, 7) is 4.79. The number of carbonyl (C=O) groups is 1. The summed E-state index contributed by atoms with van der Waals surface area (Å²) in [6.07, 6.45) is 3.44. The zero-order valence-corrected chi connectivity index (χ0v) is 14.5. The number of rotatable bonds is 8. The minimum absolute atomic E-state index is 0.156. The van der Waals surface area contributed by atoms with Crippen LogP contribution in [0.1, 0.15) is 36.3 Å². The van der Waals surface area contributed by atoms with Crippen LogP contribution in [0.4, 0.5) is 5.69 Å². The topological polar surface area (TPSA) is 63.2 Å². The van der Waals surface area contributed by atoms with Crippen molar-refractivity contribution in [1.82, 2.24) is 10.3 Å². The van der Waals surface area contributed by atoms with E-state index in [-0.39, 0.29) is 5.91 Å². The molecule has 5 heteroatoms. The van der Waals surface area contributed by atoms with Crippen LogP contribution in [0.2, 0.25) is 0 Å². The minimum Gasteiger partial charge on any atom is -0.497 e. The first-order valence-electron chi connectivity index (χ1n) is 8.26. The summed E-state index contributed by atoms with van der Waals surface area (Å²) in [5.74, 6) is 0.675. The molecule has 2 rings (SSSR count). The number of anilines is 1. The first kappa shape index (κ1) is 17.8. The summed E-state index contributed by atoms with van der Waals surface area (Å²) in [7, 11) is 1.65. The second kappa shape index (κ2) is 8.91. The van der Waals surface area contributed by atoms with E-state index in [1.165, 1.54) is 0 Å². The van der Waals surface area contributed by atoms with E-state index < -0.39 is 0 Å². The maximum Gasteiger partial charge on any atom is 0.269 e. The van der Waals surface area contributed by atoms with Gasteiger partial charge in [0, 0.05) is 24.5 Å². The summed E-state index contributed by atoms with van der Waals surface area (Å²) in [5, 5.41) is 6.26. The fraction of sp³-hybridized carbons (Fsp3) is 0.368. The van der Waals surface area contributed by atoms with Gasteiger partial charge < -0.3 is 15.4 Å². The Balaban J connectivity index is 1.86. The first-order valence-corrected chi connectivity index (χ1v) is 8.26. The molecule has 5 nitrogen and oxygen atoms in total. The standard InChI is InChI=1S/C19H25N3O2/c1-4-14(2)22-16-10-12-20-18(13-16)19(23)21-11-9-15-5-7-17(24-3)8-6-15/h5-8,10,12-14H,4,9,11H2,1-3H3,(H,20,22)(H,21,23). The van der Waals surface area contributed by atoms with Crippen molar-refractivity contribution in [3.63, 3.8) is 0 Å². The molecule has 1 unspecified atom stereocenters. The number of nitrogens with zero attached hydrogens (tertiary/aromatic N) is 1. The van der Waals surface area contributed by atoms with Gasteiger partial charge in [-0.25, -0.2) is 0 Å². The van der Waals surface area contributed by atoms with Gasteiger partial charge in [-0.1, -0.05) is 19.1 Å². The number of hydrogen-bond acceptors (Lipinski definition) is 4. The van der Waals surface area contributed by atoms with Crippen molar-refractivity contribution < 1.29 is 9.53 Å². The van der Waals surface area contributed by atoms with Crippen LogP contribution < -0.4 is 15.4 Å². The molecule has 0 aliphatic heterocycles. The quantitative estimate of drug-likeness (QED) is 0.781. The van der Waals surface area contributed by atoms with Crippen LogP contribution >= 0.6 is 0 Å². The summed E-state index contributed by atoms with van der Waals surface area (Å²) in [4.78, 5) is 16.4. The van der Waals surface area contributed by atoms with Gasteiger partial charge in [0.05, 0.1) is 7.11 Å². The third-order valence-electron chi connectivity index (χ3n) is 3.88. The normalized spacial score (nSPS) is 11.6. The smallest absolute Gasteiger partial charge is 0.269 e. The van der Waals surface area contributed by atoms with E-state index in [1.54, 1.807) is 19.4 Å². The molecule has 0 saturated carbocycles. The van der Waals surface area contributed by atoms with Gasteiger partial charge in [-0.2, -0.15) is 0 Å². The Morgan fingerprint density at radius 1 is 1.25 bits per heavy atom. The maximum absolute atomic E-state index is 12.2. The highest BCUT2D eigenvalue weighted by atomic mass is 16.5. The molecule has 0 spiro atoms. The molecule has 1 heterocycles. The van der Waals surface area contributed by atoms with Crippen molar-refractivity contribution in [3.05, 3.63) is 53.9 Å². The number of benzene rings is 1. The number of hydrogen-bond donors (Lipinski definition) is 2. The van der Waals surface area contributed by atoms with Gasteiger partial charge in [0.15, 0.2) is 0 Å². The molecular weight excluding hydrogens is 302 g/mol. The van der Waals surface area contributed by atoms with E-state index in [0.717, 1.165) is 29.8 Å². The van der Waals surface area contributed by atoms with E-state index >= 15 is 0 Å². The number of pyridine rings is 1. The first-order chi connectivity index (χ1) is 11.6. The lowest BCUT2D eigenvalue weighted by atomic mass is 10.1. The van der Waals surface area contributed by atoms with Gasteiger partial charge in [-0.05, 0) is 49.6 Å². The minimum atomic E-state index is -0.156. The number of carbonyl (C=O) groups excluding carboxylic acids is 1. The Labute approximate surface area is 143 Å². The molecule has 0 saturated heterocycles. The monoisotopic (exact) mass is 327 g/mol. The van der Waals surface area contributed by atoms with E-state index in [2.05, 4.69) is 29.5 Å². The van der Waals surface area contributed by atoms with Gasteiger partial charge in [-0.3, -0.25) is 9.78 Å². The molecule has 0 fully saturated rings. The van der Waals surface area contributed by atoms with Crippen LogP contribution in [-0.4, -0.2) is 30.6 Å². The predicted molar refractivity (Wildman–Crippen MR) is 96.6 cm³/mol. The Morgan fingerprint density at radius 2 is 2.00 bits per heavy atom. The molecule has 0 aliphatic carbocycles. The highest BCUT2D eigenvalue weighted by Gasteiger charge is 2.08. The summed E-state index contributed by atoms with van der Waals surface area (Å²) >= 11 is 0. The van der Waals surface area contributed by atoms with Gasteiger partial charge in [0.1, 0.15) is 11.4 Å². The lowest BCUT2D eigenvalue weighted by molar-refractivity contribution is 0.0949. The molecular formula is C19H25N3O2. The zero-order valence-electron chi connectivity index (χ0n) is 14.5. The largest absolute Gasteiger partial charge is 0.497 e. The molecule has 1 aromatic carbocycles. The maximum atomic E-state index is 12.2. The van der Waals surface area contributed by atoms with Gasteiger partial charge in [0.2, 0.25) is 0 Å². The number of amides is 1. The number of nitrogens with one attached hydrogen (secondary N) is 2. The fourth-order valence-corrected chi connectivity index (χ4v) is 2.23. The summed E-state index contributed by atoms with van der Waals surface area (Å²) in [5.41, 5.74) is 2.49. The van der Waals surface area contributed by atoms with Crippen molar-refractivity contribution in [2.24, 2.45) is 0 Å². The van der Waals surface area contributed by atoms with Crippen LogP contribution in [0.5, 0.6) is 5.75 Å². The van der Waals surface area contributed by atoms with Gasteiger partial charge in [0.25, 0.3) is 5.91 Å². The molecule has 0 aliphatic rings. The van der Waals surface area contributed by atoms with Crippen molar-refractivity contribution in [3.8, 4) is 5.75 Å². The number of aromatic nitrogens is 1. The average Bonchev–Trinajstić information content (AvgIpc) is 2.62.